The van der Waals surface area contributed by atoms with Gasteiger partial charge in [-0.05, 0) is 50.7 Å². The molecule has 1 aliphatic rings. The predicted octanol–water partition coefficient (Wildman–Crippen LogP) is 1.16. The van der Waals surface area contributed by atoms with Gasteiger partial charge in [0.25, 0.3) is 0 Å². The molecule has 0 aromatic heterocycles. The maximum absolute atomic E-state index is 11.6. The van der Waals surface area contributed by atoms with Crippen LogP contribution < -0.4 is 10.6 Å². The van der Waals surface area contributed by atoms with E-state index in [1.54, 1.807) is 0 Å². The van der Waals surface area contributed by atoms with E-state index in [0.29, 0.717) is 11.8 Å². The van der Waals surface area contributed by atoms with E-state index in [9.17, 15) is 4.79 Å². The Balaban J connectivity index is 2.34. The number of carbonyl (C=O) groups is 1. The van der Waals surface area contributed by atoms with E-state index in [2.05, 4.69) is 24.5 Å². The maximum atomic E-state index is 11.6. The van der Waals surface area contributed by atoms with Gasteiger partial charge in [-0.25, -0.2) is 0 Å². The lowest BCUT2D eigenvalue weighted by Gasteiger charge is -2.26. The minimum Gasteiger partial charge on any atom is -0.468 e. The van der Waals surface area contributed by atoms with Crippen LogP contribution in [0, 0.1) is 11.8 Å². The fourth-order valence-electron chi connectivity index (χ4n) is 2.28. The van der Waals surface area contributed by atoms with Crippen LogP contribution >= 0.6 is 0 Å². The second-order valence-corrected chi connectivity index (χ2v) is 5.33. The molecular formula is C13H26N2O2. The van der Waals surface area contributed by atoms with Crippen molar-refractivity contribution in [2.75, 3.05) is 26.7 Å². The van der Waals surface area contributed by atoms with Gasteiger partial charge in [-0.15, -0.1) is 0 Å². The monoisotopic (exact) mass is 242 g/mol. The van der Waals surface area contributed by atoms with Crippen molar-refractivity contribution in [2.45, 2.75) is 39.2 Å². The Morgan fingerprint density at radius 3 is 2.82 bits per heavy atom. The quantitative estimate of drug-likeness (QED) is 0.686. The van der Waals surface area contributed by atoms with Crippen LogP contribution in [0.5, 0.6) is 0 Å². The third-order valence-electron chi connectivity index (χ3n) is 3.24. The van der Waals surface area contributed by atoms with Gasteiger partial charge in [-0.1, -0.05) is 13.8 Å². The van der Waals surface area contributed by atoms with Gasteiger partial charge < -0.3 is 15.4 Å². The second kappa shape index (κ2) is 7.67. The molecule has 4 nitrogen and oxygen atoms in total. The third kappa shape index (κ3) is 5.50. The summed E-state index contributed by atoms with van der Waals surface area (Å²) in [4.78, 5) is 11.6. The summed E-state index contributed by atoms with van der Waals surface area (Å²) >= 11 is 0. The average molecular weight is 242 g/mol. The van der Waals surface area contributed by atoms with Gasteiger partial charge in [-0.2, -0.15) is 0 Å². The number of ether oxygens (including phenoxy) is 1. The molecule has 0 radical (unpaired) electrons. The fraction of sp³-hybridized carbons (Fsp3) is 0.923. The first-order valence-electron chi connectivity index (χ1n) is 6.65. The molecule has 0 aromatic carbocycles. The van der Waals surface area contributed by atoms with Crippen LogP contribution in [0.1, 0.15) is 33.1 Å². The average Bonchev–Trinajstić information content (AvgIpc) is 2.34. The summed E-state index contributed by atoms with van der Waals surface area (Å²) in [5.41, 5.74) is 0. The van der Waals surface area contributed by atoms with Crippen LogP contribution in [0.2, 0.25) is 0 Å². The number of hydrogen-bond donors (Lipinski definition) is 2. The molecule has 17 heavy (non-hydrogen) atoms. The van der Waals surface area contributed by atoms with Crippen LogP contribution in [0.4, 0.5) is 0 Å². The number of piperidine rings is 1. The summed E-state index contributed by atoms with van der Waals surface area (Å²) < 4.78 is 4.84. The van der Waals surface area contributed by atoms with Gasteiger partial charge in [0.05, 0.1) is 7.11 Å². The minimum atomic E-state index is -0.151. The predicted molar refractivity (Wildman–Crippen MR) is 68.9 cm³/mol. The molecule has 4 heteroatoms. The SMILES string of the molecule is COC(=O)C(CC(C)C)NCC1CCCNC1. The largest absolute Gasteiger partial charge is 0.468 e. The summed E-state index contributed by atoms with van der Waals surface area (Å²) in [6, 6.07) is -0.151. The van der Waals surface area contributed by atoms with Crippen molar-refractivity contribution < 1.29 is 9.53 Å². The van der Waals surface area contributed by atoms with E-state index >= 15 is 0 Å². The summed E-state index contributed by atoms with van der Waals surface area (Å²) in [5.74, 6) is 1.00. The Morgan fingerprint density at radius 2 is 2.29 bits per heavy atom. The zero-order valence-corrected chi connectivity index (χ0v) is 11.3. The summed E-state index contributed by atoms with van der Waals surface area (Å²) in [6.45, 7) is 7.34. The molecule has 2 unspecified atom stereocenters. The van der Waals surface area contributed by atoms with Gasteiger partial charge >= 0.3 is 5.97 Å². The smallest absolute Gasteiger partial charge is 0.322 e. The van der Waals surface area contributed by atoms with Crippen molar-refractivity contribution >= 4 is 5.97 Å². The van der Waals surface area contributed by atoms with Crippen molar-refractivity contribution in [2.24, 2.45) is 11.8 Å². The molecule has 1 heterocycles. The molecule has 1 fully saturated rings. The number of hydrogen-bond acceptors (Lipinski definition) is 4. The Hall–Kier alpha value is -0.610. The molecule has 1 aliphatic heterocycles. The molecular weight excluding hydrogens is 216 g/mol. The first-order valence-corrected chi connectivity index (χ1v) is 6.65. The molecule has 1 rings (SSSR count). The van der Waals surface area contributed by atoms with E-state index in [0.717, 1.165) is 26.1 Å². The van der Waals surface area contributed by atoms with Crippen LogP contribution in [0.3, 0.4) is 0 Å². The highest BCUT2D eigenvalue weighted by Crippen LogP contribution is 2.11. The molecule has 100 valence electrons. The molecule has 1 saturated heterocycles. The molecule has 2 N–H and O–H groups in total. The van der Waals surface area contributed by atoms with E-state index < -0.39 is 0 Å². The minimum absolute atomic E-state index is 0.137. The second-order valence-electron chi connectivity index (χ2n) is 5.33. The zero-order chi connectivity index (χ0) is 12.7. The Bertz CT molecular complexity index is 225. The molecule has 0 amide bonds. The molecule has 2 atom stereocenters. The highest BCUT2D eigenvalue weighted by molar-refractivity contribution is 5.75. The summed E-state index contributed by atoms with van der Waals surface area (Å²) in [7, 11) is 1.46. The Morgan fingerprint density at radius 1 is 1.53 bits per heavy atom. The Kier molecular flexibility index (Phi) is 6.52. The van der Waals surface area contributed by atoms with E-state index in [1.165, 1.54) is 20.0 Å². The number of nitrogens with one attached hydrogen (secondary N) is 2. The van der Waals surface area contributed by atoms with Crippen molar-refractivity contribution in [3.63, 3.8) is 0 Å². The topological polar surface area (TPSA) is 50.4 Å². The molecule has 0 spiro atoms. The third-order valence-corrected chi connectivity index (χ3v) is 3.24. The summed E-state index contributed by atoms with van der Waals surface area (Å²) in [5, 5.41) is 6.74. The van der Waals surface area contributed by atoms with Gasteiger partial charge in [-0.3, -0.25) is 4.79 Å². The number of carbonyl (C=O) groups excluding carboxylic acids is 1. The van der Waals surface area contributed by atoms with Gasteiger partial charge in [0.2, 0.25) is 0 Å². The van der Waals surface area contributed by atoms with Crippen LogP contribution in [-0.4, -0.2) is 38.8 Å². The maximum Gasteiger partial charge on any atom is 0.322 e. The lowest BCUT2D eigenvalue weighted by molar-refractivity contribution is -0.143. The van der Waals surface area contributed by atoms with Crippen LogP contribution in [0.25, 0.3) is 0 Å². The fourth-order valence-corrected chi connectivity index (χ4v) is 2.28. The number of methoxy groups -OCH3 is 1. The van der Waals surface area contributed by atoms with E-state index in [-0.39, 0.29) is 12.0 Å². The summed E-state index contributed by atoms with van der Waals surface area (Å²) in [6.07, 6.45) is 3.32. The van der Waals surface area contributed by atoms with Crippen molar-refractivity contribution in [1.29, 1.82) is 0 Å². The van der Waals surface area contributed by atoms with Crippen LogP contribution in [0.15, 0.2) is 0 Å². The van der Waals surface area contributed by atoms with Crippen LogP contribution in [-0.2, 0) is 9.53 Å². The van der Waals surface area contributed by atoms with Gasteiger partial charge in [0, 0.05) is 0 Å². The highest BCUT2D eigenvalue weighted by atomic mass is 16.5. The lowest BCUT2D eigenvalue weighted by atomic mass is 9.98. The van der Waals surface area contributed by atoms with Gasteiger partial charge in [0.1, 0.15) is 6.04 Å². The van der Waals surface area contributed by atoms with E-state index in [1.807, 2.05) is 0 Å². The molecule has 0 bridgehead atoms. The normalized spacial score (nSPS) is 22.5. The van der Waals surface area contributed by atoms with Crippen molar-refractivity contribution in [1.82, 2.24) is 10.6 Å². The van der Waals surface area contributed by atoms with Crippen molar-refractivity contribution in [3.05, 3.63) is 0 Å². The number of esters is 1. The van der Waals surface area contributed by atoms with E-state index in [4.69, 9.17) is 4.74 Å². The molecule has 0 aliphatic carbocycles. The molecule has 0 saturated carbocycles. The van der Waals surface area contributed by atoms with Crippen molar-refractivity contribution in [3.8, 4) is 0 Å². The Labute approximate surface area is 104 Å². The van der Waals surface area contributed by atoms with Gasteiger partial charge in [0.15, 0.2) is 0 Å². The number of rotatable bonds is 6. The highest BCUT2D eigenvalue weighted by Gasteiger charge is 2.22. The standard InChI is InChI=1S/C13H26N2O2/c1-10(2)7-12(13(16)17-3)15-9-11-5-4-6-14-8-11/h10-12,14-15H,4-9H2,1-3H3. The lowest BCUT2D eigenvalue weighted by Crippen LogP contribution is -2.44. The molecule has 0 aromatic rings. The first kappa shape index (κ1) is 14.5. The zero-order valence-electron chi connectivity index (χ0n) is 11.3. The first-order chi connectivity index (χ1) is 8.13.